The van der Waals surface area contributed by atoms with Crippen LogP contribution in [-0.4, -0.2) is 53.0 Å². The molecule has 1 spiro atoms. The van der Waals surface area contributed by atoms with Crippen molar-refractivity contribution in [3.05, 3.63) is 23.8 Å². The molecule has 0 bridgehead atoms. The summed E-state index contributed by atoms with van der Waals surface area (Å²) in [6, 6.07) is 5.25. The Morgan fingerprint density at radius 3 is 2.71 bits per heavy atom. The maximum atomic E-state index is 10.3. The second kappa shape index (κ2) is 8.35. The maximum absolute atomic E-state index is 10.3. The number of aromatic hydroxyl groups is 1. The van der Waals surface area contributed by atoms with E-state index in [4.69, 9.17) is 14.6 Å². The van der Waals surface area contributed by atoms with Crippen molar-refractivity contribution in [1.29, 1.82) is 0 Å². The predicted molar refractivity (Wildman–Crippen MR) is 90.2 cm³/mol. The first-order chi connectivity index (χ1) is 11.5. The van der Waals surface area contributed by atoms with Crippen molar-refractivity contribution in [1.82, 2.24) is 4.90 Å². The van der Waals surface area contributed by atoms with E-state index in [1.54, 1.807) is 19.2 Å². The third kappa shape index (κ3) is 4.19. The molecule has 6 heteroatoms. The zero-order chi connectivity index (χ0) is 17.6. The number of hydrogen-bond acceptors (Lipinski definition) is 5. The molecule has 1 aliphatic heterocycles. The van der Waals surface area contributed by atoms with Gasteiger partial charge in [-0.3, -0.25) is 9.69 Å². The lowest BCUT2D eigenvalue weighted by Gasteiger charge is -2.42. The smallest absolute Gasteiger partial charge is 0.290 e. The lowest BCUT2D eigenvalue weighted by Crippen LogP contribution is -2.46. The number of carboxylic acid groups (broad SMARTS) is 1. The second-order valence-electron chi connectivity index (χ2n) is 6.69. The second-order valence-corrected chi connectivity index (χ2v) is 6.69. The highest BCUT2D eigenvalue weighted by atomic mass is 16.5. The Hall–Kier alpha value is -1.79. The number of aliphatic hydroxyl groups excluding tert-OH is 1. The Morgan fingerprint density at radius 1 is 1.38 bits per heavy atom. The number of piperidine rings is 1. The molecule has 2 fully saturated rings. The van der Waals surface area contributed by atoms with Crippen molar-refractivity contribution in [3.8, 4) is 11.5 Å². The van der Waals surface area contributed by atoms with Gasteiger partial charge in [0.2, 0.25) is 0 Å². The van der Waals surface area contributed by atoms with Gasteiger partial charge >= 0.3 is 0 Å². The highest BCUT2D eigenvalue weighted by Crippen LogP contribution is 2.45. The number of hydrogen-bond donors (Lipinski definition) is 3. The Morgan fingerprint density at radius 2 is 2.08 bits per heavy atom. The van der Waals surface area contributed by atoms with E-state index < -0.39 is 0 Å². The minimum Gasteiger partial charge on any atom is -0.508 e. The van der Waals surface area contributed by atoms with Gasteiger partial charge in [0.1, 0.15) is 11.5 Å². The van der Waals surface area contributed by atoms with E-state index in [2.05, 4.69) is 4.90 Å². The van der Waals surface area contributed by atoms with Gasteiger partial charge in [0.05, 0.1) is 13.2 Å². The summed E-state index contributed by atoms with van der Waals surface area (Å²) in [5.41, 5.74) is 1.12. The minimum atomic E-state index is -0.250. The van der Waals surface area contributed by atoms with Crippen LogP contribution in [0.15, 0.2) is 18.2 Å². The average molecular weight is 337 g/mol. The van der Waals surface area contributed by atoms with Crippen molar-refractivity contribution in [2.24, 2.45) is 5.41 Å². The molecule has 3 N–H and O–H groups in total. The minimum absolute atomic E-state index is 0.0995. The van der Waals surface area contributed by atoms with Gasteiger partial charge in [0.15, 0.2) is 0 Å². The number of phenols is 1. The first kappa shape index (κ1) is 18.5. The highest BCUT2D eigenvalue weighted by molar-refractivity contribution is 5.39. The number of aliphatic hydroxyl groups is 1. The van der Waals surface area contributed by atoms with E-state index in [0.717, 1.165) is 63.1 Å². The maximum Gasteiger partial charge on any atom is 0.290 e. The van der Waals surface area contributed by atoms with Crippen molar-refractivity contribution < 1.29 is 24.9 Å². The van der Waals surface area contributed by atoms with Crippen molar-refractivity contribution in [2.75, 3.05) is 20.2 Å². The van der Waals surface area contributed by atoms with Crippen molar-refractivity contribution in [2.45, 2.75) is 44.8 Å². The Balaban J connectivity index is 0.000000647. The van der Waals surface area contributed by atoms with E-state index in [0.29, 0.717) is 0 Å². The fraction of sp³-hybridized carbons (Fsp3) is 0.611. The van der Waals surface area contributed by atoms with Crippen LogP contribution in [0.5, 0.6) is 11.5 Å². The summed E-state index contributed by atoms with van der Waals surface area (Å²) in [4.78, 5) is 10.8. The fourth-order valence-corrected chi connectivity index (χ4v) is 4.12. The molecule has 1 aromatic carbocycles. The lowest BCUT2D eigenvalue weighted by molar-refractivity contribution is -0.122. The van der Waals surface area contributed by atoms with Gasteiger partial charge in [0, 0.05) is 24.1 Å². The lowest BCUT2D eigenvalue weighted by atomic mass is 9.76. The normalized spacial score (nSPS) is 26.7. The third-order valence-corrected chi connectivity index (χ3v) is 5.20. The summed E-state index contributed by atoms with van der Waals surface area (Å²) in [6.07, 6.45) is 5.36. The van der Waals surface area contributed by atoms with Crippen LogP contribution in [0.3, 0.4) is 0 Å². The summed E-state index contributed by atoms with van der Waals surface area (Å²) >= 11 is 0. The first-order valence-corrected chi connectivity index (χ1v) is 8.39. The van der Waals surface area contributed by atoms with Crippen molar-refractivity contribution >= 4 is 6.47 Å². The summed E-state index contributed by atoms with van der Waals surface area (Å²) in [5.74, 6) is 1.10. The number of likely N-dealkylation sites (tertiary alicyclic amines) is 1. The fourth-order valence-electron chi connectivity index (χ4n) is 4.12. The van der Waals surface area contributed by atoms with Crippen LogP contribution in [-0.2, 0) is 11.3 Å². The summed E-state index contributed by atoms with van der Waals surface area (Å²) in [5, 5.41) is 26.9. The molecule has 1 saturated carbocycles. The molecule has 0 radical (unpaired) electrons. The van der Waals surface area contributed by atoms with Gasteiger partial charge < -0.3 is 20.1 Å². The number of ether oxygens (including phenoxy) is 1. The van der Waals surface area contributed by atoms with Gasteiger partial charge in [-0.25, -0.2) is 0 Å². The molecule has 0 unspecified atom stereocenters. The molecule has 1 aromatic rings. The number of benzene rings is 1. The molecular formula is C18H27NO5. The van der Waals surface area contributed by atoms with Gasteiger partial charge in [-0.1, -0.05) is 6.42 Å². The molecule has 0 aromatic heterocycles. The topological polar surface area (TPSA) is 90.2 Å². The van der Waals surface area contributed by atoms with Gasteiger partial charge in [-0.05, 0) is 50.4 Å². The van der Waals surface area contributed by atoms with Crippen LogP contribution in [0, 0.1) is 5.41 Å². The number of nitrogens with zero attached hydrogens (tertiary/aromatic N) is 1. The molecule has 1 saturated heterocycles. The molecular weight excluding hydrogens is 310 g/mol. The quantitative estimate of drug-likeness (QED) is 0.733. The van der Waals surface area contributed by atoms with E-state index in [9.17, 15) is 10.2 Å². The Kier molecular flexibility index (Phi) is 6.45. The number of rotatable bonds is 3. The Bertz CT molecular complexity index is 550. The number of phenolic OH excluding ortho intramolecular Hbond substituents is 1. The zero-order valence-corrected chi connectivity index (χ0v) is 14.1. The molecule has 3 rings (SSSR count). The van der Waals surface area contributed by atoms with Crippen LogP contribution >= 0.6 is 0 Å². The average Bonchev–Trinajstić information content (AvgIpc) is 2.89. The monoisotopic (exact) mass is 337 g/mol. The molecule has 134 valence electrons. The van der Waals surface area contributed by atoms with E-state index in [1.165, 1.54) is 0 Å². The molecule has 1 aliphatic carbocycles. The van der Waals surface area contributed by atoms with Gasteiger partial charge in [0.25, 0.3) is 6.47 Å². The molecule has 24 heavy (non-hydrogen) atoms. The molecule has 2 atom stereocenters. The zero-order valence-electron chi connectivity index (χ0n) is 14.1. The summed E-state index contributed by atoms with van der Waals surface area (Å²) in [7, 11) is 1.66. The molecule has 1 heterocycles. The van der Waals surface area contributed by atoms with Crippen LogP contribution < -0.4 is 4.74 Å². The van der Waals surface area contributed by atoms with E-state index in [-0.39, 0.29) is 23.7 Å². The van der Waals surface area contributed by atoms with Gasteiger partial charge in [-0.15, -0.1) is 0 Å². The largest absolute Gasteiger partial charge is 0.508 e. The van der Waals surface area contributed by atoms with Crippen LogP contribution in [0.25, 0.3) is 0 Å². The van der Waals surface area contributed by atoms with Crippen LogP contribution in [0.1, 0.15) is 37.7 Å². The van der Waals surface area contributed by atoms with Gasteiger partial charge in [-0.2, -0.15) is 0 Å². The highest BCUT2D eigenvalue weighted by Gasteiger charge is 2.44. The van der Waals surface area contributed by atoms with E-state index >= 15 is 0 Å². The molecule has 2 aliphatic rings. The number of carbonyl (C=O) groups is 1. The van der Waals surface area contributed by atoms with Crippen LogP contribution in [0.4, 0.5) is 0 Å². The summed E-state index contributed by atoms with van der Waals surface area (Å²) in [6.45, 7) is 2.52. The summed E-state index contributed by atoms with van der Waals surface area (Å²) < 4.78 is 5.39. The Labute approximate surface area is 142 Å². The van der Waals surface area contributed by atoms with Crippen molar-refractivity contribution in [3.63, 3.8) is 0 Å². The number of methoxy groups -OCH3 is 1. The molecule has 6 nitrogen and oxygen atoms in total. The SMILES string of the molecule is COc1ccc(O)cc1CN1CCC[C@]2(CCC[C@H]2O)C1.O=CO. The molecule has 0 amide bonds. The third-order valence-electron chi connectivity index (χ3n) is 5.20. The van der Waals surface area contributed by atoms with E-state index in [1.807, 2.05) is 6.07 Å². The predicted octanol–water partition coefficient (Wildman–Crippen LogP) is 2.23. The van der Waals surface area contributed by atoms with Crippen LogP contribution in [0.2, 0.25) is 0 Å². The first-order valence-electron chi connectivity index (χ1n) is 8.39. The standard InChI is InChI=1S/C17H25NO3.CH2O2/c1-21-15-6-5-14(19)10-13(15)11-18-9-3-8-17(12-18)7-2-4-16(17)20;2-1-3/h5-6,10,16,19-20H,2-4,7-9,11-12H2,1H3;1H,(H,2,3)/t16-,17-;/m1./s1.